The van der Waals surface area contributed by atoms with Crippen LogP contribution in [-0.4, -0.2) is 37.0 Å². The average molecular weight is 371 g/mol. The Morgan fingerprint density at radius 3 is 2.63 bits per heavy atom. The van der Waals surface area contributed by atoms with E-state index in [1.807, 2.05) is 24.1 Å². The lowest BCUT2D eigenvalue weighted by atomic mass is 9.99. The van der Waals surface area contributed by atoms with E-state index in [0.29, 0.717) is 0 Å². The third kappa shape index (κ3) is 3.35. The molecule has 1 aliphatic heterocycles. The first-order valence-corrected chi connectivity index (χ1v) is 9.33. The van der Waals surface area contributed by atoms with Crippen LogP contribution in [-0.2, 0) is 11.2 Å². The van der Waals surface area contributed by atoms with Gasteiger partial charge in [-0.2, -0.15) is 0 Å². The molecular formula is C21H23F2N3O. The molecule has 0 saturated carbocycles. The van der Waals surface area contributed by atoms with Gasteiger partial charge < -0.3 is 10.6 Å². The minimum Gasteiger partial charge on any atom is -0.349 e. The molecule has 2 unspecified atom stereocenters. The number of benzene rings is 2. The van der Waals surface area contributed by atoms with Crippen molar-refractivity contribution in [3.05, 3.63) is 70.8 Å². The number of halogens is 2. The van der Waals surface area contributed by atoms with Gasteiger partial charge >= 0.3 is 0 Å². The lowest BCUT2D eigenvalue weighted by Crippen LogP contribution is -2.51. The molecule has 0 aromatic heterocycles. The summed E-state index contributed by atoms with van der Waals surface area (Å²) in [5.41, 5.74) is 2.61. The average Bonchev–Trinajstić information content (AvgIpc) is 2.95. The van der Waals surface area contributed by atoms with Gasteiger partial charge in [0.1, 0.15) is 17.7 Å². The summed E-state index contributed by atoms with van der Waals surface area (Å²) >= 11 is 0. The van der Waals surface area contributed by atoms with E-state index >= 15 is 0 Å². The normalized spacial score (nSPS) is 22.8. The number of nitrogens with one attached hydrogen (secondary N) is 2. The van der Waals surface area contributed by atoms with E-state index in [-0.39, 0.29) is 23.6 Å². The molecule has 2 aliphatic rings. The van der Waals surface area contributed by atoms with Gasteiger partial charge in [-0.1, -0.05) is 30.3 Å². The van der Waals surface area contributed by atoms with E-state index < -0.39 is 17.7 Å². The van der Waals surface area contributed by atoms with Crippen molar-refractivity contribution in [3.63, 3.8) is 0 Å². The number of hydrogen-bond donors (Lipinski definition) is 2. The molecule has 1 aliphatic carbocycles. The zero-order chi connectivity index (χ0) is 19.0. The van der Waals surface area contributed by atoms with E-state index in [2.05, 4.69) is 22.8 Å². The maximum atomic E-state index is 14.4. The van der Waals surface area contributed by atoms with Crippen LogP contribution in [0.4, 0.5) is 8.78 Å². The predicted molar refractivity (Wildman–Crippen MR) is 99.2 cm³/mol. The predicted octanol–water partition coefficient (Wildman–Crippen LogP) is 2.71. The number of likely N-dealkylation sites (tertiary alicyclic amines) is 1. The van der Waals surface area contributed by atoms with Crippen LogP contribution in [0.1, 0.15) is 35.2 Å². The van der Waals surface area contributed by atoms with Crippen LogP contribution in [0.2, 0.25) is 0 Å². The van der Waals surface area contributed by atoms with Crippen LogP contribution < -0.4 is 10.6 Å². The molecule has 0 bridgehead atoms. The van der Waals surface area contributed by atoms with E-state index in [1.165, 1.54) is 23.3 Å². The summed E-state index contributed by atoms with van der Waals surface area (Å²) in [4.78, 5) is 15.1. The summed E-state index contributed by atoms with van der Waals surface area (Å²) < 4.78 is 27.7. The largest absolute Gasteiger partial charge is 0.349 e. The molecule has 1 fully saturated rings. The zero-order valence-electron chi connectivity index (χ0n) is 15.2. The summed E-state index contributed by atoms with van der Waals surface area (Å²) in [6.45, 7) is 1.46. The van der Waals surface area contributed by atoms with Gasteiger partial charge in [0, 0.05) is 24.7 Å². The molecule has 1 saturated heterocycles. The summed E-state index contributed by atoms with van der Waals surface area (Å²) in [6, 6.07) is 10.7. The van der Waals surface area contributed by atoms with Crippen LogP contribution in [0.3, 0.4) is 0 Å². The molecule has 0 radical (unpaired) electrons. The summed E-state index contributed by atoms with van der Waals surface area (Å²) in [5, 5.41) is 6.39. The highest BCUT2D eigenvalue weighted by Gasteiger charge is 2.37. The molecule has 4 nitrogen and oxygen atoms in total. The molecule has 27 heavy (non-hydrogen) atoms. The molecule has 1 heterocycles. The Balaban J connectivity index is 1.58. The van der Waals surface area contributed by atoms with Gasteiger partial charge in [0.15, 0.2) is 0 Å². The third-order valence-electron chi connectivity index (χ3n) is 5.63. The maximum Gasteiger partial charge on any atom is 0.242 e. The molecule has 2 aromatic carbocycles. The third-order valence-corrected chi connectivity index (χ3v) is 5.63. The molecule has 4 rings (SSSR count). The number of nitrogens with zero attached hydrogens (tertiary/aromatic N) is 1. The first kappa shape index (κ1) is 18.1. The summed E-state index contributed by atoms with van der Waals surface area (Å²) in [6.07, 6.45) is 1.70. The fraction of sp³-hybridized carbons (Fsp3) is 0.381. The van der Waals surface area contributed by atoms with Crippen LogP contribution in [0.5, 0.6) is 0 Å². The van der Waals surface area contributed by atoms with Crippen LogP contribution in [0.15, 0.2) is 42.5 Å². The Labute approximate surface area is 157 Å². The highest BCUT2D eigenvalue weighted by atomic mass is 19.1. The smallest absolute Gasteiger partial charge is 0.242 e. The minimum atomic E-state index is -0.736. The van der Waals surface area contributed by atoms with Gasteiger partial charge in [-0.05, 0) is 37.1 Å². The maximum absolute atomic E-state index is 14.4. The van der Waals surface area contributed by atoms with E-state index in [1.54, 1.807) is 0 Å². The van der Waals surface area contributed by atoms with Crippen molar-refractivity contribution in [2.75, 3.05) is 20.1 Å². The van der Waals surface area contributed by atoms with Crippen molar-refractivity contribution in [2.24, 2.45) is 0 Å². The molecule has 3 atom stereocenters. The minimum absolute atomic E-state index is 0.0141. The number of rotatable bonds is 5. The van der Waals surface area contributed by atoms with Crippen molar-refractivity contribution < 1.29 is 13.6 Å². The number of likely N-dealkylation sites (N-methyl/N-ethyl adjacent to an activating group) is 1. The quantitative estimate of drug-likeness (QED) is 0.850. The van der Waals surface area contributed by atoms with Crippen molar-refractivity contribution in [1.82, 2.24) is 15.5 Å². The van der Waals surface area contributed by atoms with Gasteiger partial charge in [0.25, 0.3) is 0 Å². The zero-order valence-corrected chi connectivity index (χ0v) is 15.2. The number of amides is 1. The first-order valence-electron chi connectivity index (χ1n) is 9.33. The topological polar surface area (TPSA) is 44.4 Å². The van der Waals surface area contributed by atoms with Crippen LogP contribution in [0.25, 0.3) is 0 Å². The fourth-order valence-corrected chi connectivity index (χ4v) is 4.17. The number of carbonyl (C=O) groups is 1. The lowest BCUT2D eigenvalue weighted by Gasteiger charge is -2.38. The summed E-state index contributed by atoms with van der Waals surface area (Å²) in [5.74, 6) is -1.55. The van der Waals surface area contributed by atoms with Crippen molar-refractivity contribution in [2.45, 2.75) is 31.0 Å². The Kier molecular flexibility index (Phi) is 4.93. The summed E-state index contributed by atoms with van der Waals surface area (Å²) in [7, 11) is 1.87. The fourth-order valence-electron chi connectivity index (χ4n) is 4.17. The van der Waals surface area contributed by atoms with Gasteiger partial charge in [-0.25, -0.2) is 8.78 Å². The monoisotopic (exact) mass is 371 g/mol. The SMILES string of the molecule is CNC1c2ccccc2C[C@@H]1NC(=O)C(c1ccc(F)cc1F)N1CCC1. The molecular weight excluding hydrogens is 348 g/mol. The van der Waals surface area contributed by atoms with Crippen molar-refractivity contribution >= 4 is 5.91 Å². The Bertz CT molecular complexity index is 853. The lowest BCUT2D eigenvalue weighted by molar-refractivity contribution is -0.129. The highest BCUT2D eigenvalue weighted by molar-refractivity contribution is 5.84. The second-order valence-electron chi connectivity index (χ2n) is 7.24. The standard InChI is InChI=1S/C21H23F2N3O/c1-24-19-15-6-3-2-5-13(15)11-18(19)25-21(27)20(26-9-4-10-26)16-8-7-14(22)12-17(16)23/h2-3,5-8,12,18-20,24H,4,9-11H2,1H3,(H,25,27)/t18-,19?,20?/m0/s1. The molecule has 1 amide bonds. The molecule has 142 valence electrons. The van der Waals surface area contributed by atoms with E-state index in [4.69, 9.17) is 0 Å². The Hall–Kier alpha value is -2.31. The van der Waals surface area contributed by atoms with Crippen molar-refractivity contribution in [1.29, 1.82) is 0 Å². The number of carbonyl (C=O) groups excluding carboxylic acids is 1. The molecule has 6 heteroatoms. The van der Waals surface area contributed by atoms with Gasteiger partial charge in [-0.15, -0.1) is 0 Å². The molecule has 0 spiro atoms. The van der Waals surface area contributed by atoms with E-state index in [0.717, 1.165) is 32.0 Å². The van der Waals surface area contributed by atoms with Gasteiger partial charge in [0.2, 0.25) is 5.91 Å². The van der Waals surface area contributed by atoms with E-state index in [9.17, 15) is 13.6 Å². The number of hydrogen-bond acceptors (Lipinski definition) is 3. The Morgan fingerprint density at radius 2 is 1.96 bits per heavy atom. The van der Waals surface area contributed by atoms with Gasteiger partial charge in [0.05, 0.1) is 12.1 Å². The first-order chi connectivity index (χ1) is 13.1. The molecule has 2 aromatic rings. The second-order valence-corrected chi connectivity index (χ2v) is 7.24. The van der Waals surface area contributed by atoms with Crippen LogP contribution >= 0.6 is 0 Å². The Morgan fingerprint density at radius 1 is 1.19 bits per heavy atom. The van der Waals surface area contributed by atoms with Crippen molar-refractivity contribution in [3.8, 4) is 0 Å². The van der Waals surface area contributed by atoms with Gasteiger partial charge in [-0.3, -0.25) is 9.69 Å². The van der Waals surface area contributed by atoms with Crippen LogP contribution in [0, 0.1) is 11.6 Å². The molecule has 2 N–H and O–H groups in total. The highest BCUT2D eigenvalue weighted by Crippen LogP contribution is 2.33. The second kappa shape index (κ2) is 7.37. The number of fused-ring (bicyclic) bond motifs is 1.